The Morgan fingerprint density at radius 3 is 2.33 bits per heavy atom. The normalized spacial score (nSPS) is 20.5. The lowest BCUT2D eigenvalue weighted by atomic mass is 9.99. The lowest BCUT2D eigenvalue weighted by Crippen LogP contribution is -2.47. The summed E-state index contributed by atoms with van der Waals surface area (Å²) in [4.78, 5) is 51.0. The summed E-state index contributed by atoms with van der Waals surface area (Å²) in [5.74, 6) is -3.16. The average Bonchev–Trinajstić information content (AvgIpc) is 3.41. The maximum Gasteiger partial charge on any atom is 0.414 e. The molecule has 2 aromatic heterocycles. The van der Waals surface area contributed by atoms with Crippen LogP contribution in [0.5, 0.6) is 0 Å². The number of benzene rings is 1. The minimum absolute atomic E-state index is 0.244. The zero-order valence-electron chi connectivity index (χ0n) is 22.1. The second-order valence-electron chi connectivity index (χ2n) is 9.86. The van der Waals surface area contributed by atoms with E-state index in [0.29, 0.717) is 43.7 Å². The molecule has 2 aliphatic heterocycles. The van der Waals surface area contributed by atoms with E-state index < -0.39 is 17.6 Å². The van der Waals surface area contributed by atoms with E-state index in [1.54, 1.807) is 11.5 Å². The lowest BCUT2D eigenvalue weighted by Gasteiger charge is -2.38. The summed E-state index contributed by atoms with van der Waals surface area (Å²) in [6, 6.07) is 11.8. The van der Waals surface area contributed by atoms with Gasteiger partial charge in [0.05, 0.1) is 12.7 Å². The Morgan fingerprint density at radius 2 is 1.72 bits per heavy atom. The van der Waals surface area contributed by atoms with Crippen molar-refractivity contribution in [3.63, 3.8) is 0 Å². The van der Waals surface area contributed by atoms with Gasteiger partial charge in [-0.1, -0.05) is 18.2 Å². The largest absolute Gasteiger partial charge is 0.473 e. The number of hydrogen-bond acceptors (Lipinski definition) is 8. The molecule has 0 amide bonds. The number of carboxylic acids is 2. The summed E-state index contributed by atoms with van der Waals surface area (Å²) in [5, 5.41) is 16.1. The lowest BCUT2D eigenvalue weighted by molar-refractivity contribution is -0.159. The molecule has 39 heavy (non-hydrogen) atoms. The zero-order valence-corrected chi connectivity index (χ0v) is 22.9. The van der Waals surface area contributed by atoms with Gasteiger partial charge < -0.3 is 14.9 Å². The van der Waals surface area contributed by atoms with Gasteiger partial charge in [0.2, 0.25) is 0 Å². The van der Waals surface area contributed by atoms with Crippen molar-refractivity contribution in [2.45, 2.75) is 83.8 Å². The minimum Gasteiger partial charge on any atom is -0.473 e. The van der Waals surface area contributed by atoms with Gasteiger partial charge in [-0.2, -0.15) is 4.98 Å². The van der Waals surface area contributed by atoms with Crippen LogP contribution in [0.25, 0.3) is 10.1 Å². The summed E-state index contributed by atoms with van der Waals surface area (Å²) >= 11 is 1.82. The SMILES string of the molecule is CCn1c(C)nc(=O)n(CCCN2C3CCC2CC(OCc2cc4ccccc4s2)C3)c1=O.O=C(O)C(=O)O. The smallest absolute Gasteiger partial charge is 0.414 e. The monoisotopic (exact) mass is 558 g/mol. The molecule has 2 aliphatic rings. The van der Waals surface area contributed by atoms with Crippen LogP contribution in [0.15, 0.2) is 39.9 Å². The highest BCUT2D eigenvalue weighted by molar-refractivity contribution is 7.19. The zero-order chi connectivity index (χ0) is 28.1. The van der Waals surface area contributed by atoms with Crippen molar-refractivity contribution in [3.05, 3.63) is 62.0 Å². The summed E-state index contributed by atoms with van der Waals surface area (Å²) in [6.45, 7) is 6.15. The van der Waals surface area contributed by atoms with E-state index in [-0.39, 0.29) is 5.69 Å². The van der Waals surface area contributed by atoms with Crippen molar-refractivity contribution < 1.29 is 24.5 Å². The molecule has 2 saturated heterocycles. The number of fused-ring (bicyclic) bond motifs is 3. The molecule has 3 aromatic rings. The first-order valence-electron chi connectivity index (χ1n) is 13.2. The van der Waals surface area contributed by atoms with Gasteiger partial charge in [-0.05, 0) is 63.5 Å². The fraction of sp³-hybridized carbons (Fsp3) is 0.519. The number of hydrogen-bond donors (Lipinski definition) is 2. The predicted octanol–water partition coefficient (Wildman–Crippen LogP) is 2.71. The van der Waals surface area contributed by atoms with E-state index in [0.717, 1.165) is 25.8 Å². The molecule has 210 valence electrons. The topological polar surface area (TPSA) is 144 Å². The number of rotatable bonds is 8. The van der Waals surface area contributed by atoms with Gasteiger partial charge in [-0.15, -0.1) is 11.3 Å². The molecular weight excluding hydrogens is 524 g/mol. The Hall–Kier alpha value is -3.35. The van der Waals surface area contributed by atoms with Gasteiger partial charge in [0, 0.05) is 41.3 Å². The summed E-state index contributed by atoms with van der Waals surface area (Å²) in [6.07, 6.45) is 5.64. The van der Waals surface area contributed by atoms with E-state index >= 15 is 0 Å². The van der Waals surface area contributed by atoms with Gasteiger partial charge in [-0.3, -0.25) is 9.47 Å². The maximum atomic E-state index is 12.6. The van der Waals surface area contributed by atoms with Crippen LogP contribution in [0, 0.1) is 6.92 Å². The van der Waals surface area contributed by atoms with Crippen LogP contribution in [-0.2, 0) is 34.0 Å². The molecule has 1 aromatic carbocycles. The fourth-order valence-electron chi connectivity index (χ4n) is 5.63. The molecule has 2 atom stereocenters. The third-order valence-electron chi connectivity index (χ3n) is 7.42. The summed E-state index contributed by atoms with van der Waals surface area (Å²) in [7, 11) is 0. The molecule has 4 heterocycles. The van der Waals surface area contributed by atoms with Crippen molar-refractivity contribution >= 4 is 33.4 Å². The molecule has 0 saturated carbocycles. The number of carboxylic acid groups (broad SMARTS) is 2. The first-order valence-corrected chi connectivity index (χ1v) is 14.0. The number of ether oxygens (including phenoxy) is 1. The van der Waals surface area contributed by atoms with Crippen molar-refractivity contribution in [2.75, 3.05) is 6.54 Å². The second kappa shape index (κ2) is 12.7. The van der Waals surface area contributed by atoms with Gasteiger partial charge in [0.1, 0.15) is 5.82 Å². The Balaban J connectivity index is 0.000000531. The van der Waals surface area contributed by atoms with Crippen LogP contribution >= 0.6 is 11.3 Å². The Labute approximate surface area is 229 Å². The number of nitrogens with zero attached hydrogens (tertiary/aromatic N) is 4. The average molecular weight is 559 g/mol. The molecule has 2 fully saturated rings. The molecular formula is C27H34N4O7S. The standard InChI is InChI=1S/C25H32N4O3S.C2H2O4/c1-3-27-17(2)26-24(30)29(25(27)31)12-6-11-28-19-9-10-20(28)15-21(14-19)32-16-22-13-18-7-4-5-8-23(18)33-22;3-1(4)2(5)6/h4-5,7-8,13,19-21H,3,6,9-12,14-16H2,1-2H3;(H,3,4)(H,5,6). The number of carbonyl (C=O) groups is 2. The first kappa shape index (κ1) is 28.7. The van der Waals surface area contributed by atoms with Crippen LogP contribution in [0.3, 0.4) is 0 Å². The highest BCUT2D eigenvalue weighted by atomic mass is 32.1. The number of aryl methyl sites for hydroxylation is 1. The Bertz CT molecular complexity index is 1390. The Kier molecular flexibility index (Phi) is 9.31. The number of thiophene rings is 1. The number of aliphatic carboxylic acids is 2. The van der Waals surface area contributed by atoms with Gasteiger partial charge >= 0.3 is 23.3 Å². The fourth-order valence-corrected chi connectivity index (χ4v) is 6.61. The van der Waals surface area contributed by atoms with Crippen LogP contribution in [0.4, 0.5) is 0 Å². The molecule has 2 bridgehead atoms. The van der Waals surface area contributed by atoms with E-state index in [2.05, 4.69) is 40.2 Å². The highest BCUT2D eigenvalue weighted by Crippen LogP contribution is 2.37. The second-order valence-corrected chi connectivity index (χ2v) is 11.0. The quantitative estimate of drug-likeness (QED) is 0.399. The van der Waals surface area contributed by atoms with E-state index in [4.69, 9.17) is 24.5 Å². The van der Waals surface area contributed by atoms with Crippen LogP contribution in [0.1, 0.15) is 49.7 Å². The van der Waals surface area contributed by atoms with Crippen LogP contribution in [-0.4, -0.2) is 65.9 Å². The first-order chi connectivity index (χ1) is 18.7. The molecule has 11 nitrogen and oxygen atoms in total. The van der Waals surface area contributed by atoms with E-state index in [1.165, 1.54) is 32.4 Å². The maximum absolute atomic E-state index is 12.6. The summed E-state index contributed by atoms with van der Waals surface area (Å²) < 4.78 is 10.5. The third-order valence-corrected chi connectivity index (χ3v) is 8.51. The summed E-state index contributed by atoms with van der Waals surface area (Å²) in [5.41, 5.74) is -0.676. The molecule has 0 spiro atoms. The number of aromatic nitrogens is 3. The van der Waals surface area contributed by atoms with E-state index in [9.17, 15) is 9.59 Å². The molecule has 2 unspecified atom stereocenters. The van der Waals surface area contributed by atoms with Gasteiger partial charge in [-0.25, -0.2) is 23.7 Å². The minimum atomic E-state index is -1.82. The molecule has 5 rings (SSSR count). The van der Waals surface area contributed by atoms with Crippen LogP contribution in [0.2, 0.25) is 0 Å². The van der Waals surface area contributed by atoms with Gasteiger partial charge in [0.15, 0.2) is 0 Å². The Morgan fingerprint density at radius 1 is 1.05 bits per heavy atom. The third kappa shape index (κ3) is 6.81. The van der Waals surface area contributed by atoms with Gasteiger partial charge in [0.25, 0.3) is 0 Å². The van der Waals surface area contributed by atoms with E-state index in [1.807, 2.05) is 18.3 Å². The van der Waals surface area contributed by atoms with Crippen molar-refractivity contribution in [1.82, 2.24) is 19.0 Å². The molecule has 0 aliphatic carbocycles. The number of piperidine rings is 1. The van der Waals surface area contributed by atoms with Crippen molar-refractivity contribution in [2.24, 2.45) is 0 Å². The molecule has 0 radical (unpaired) electrons. The molecule has 2 N–H and O–H groups in total. The molecule has 12 heteroatoms. The van der Waals surface area contributed by atoms with Crippen LogP contribution < -0.4 is 11.4 Å². The van der Waals surface area contributed by atoms with Crippen molar-refractivity contribution in [1.29, 1.82) is 0 Å². The highest BCUT2D eigenvalue weighted by Gasteiger charge is 2.40. The van der Waals surface area contributed by atoms with Crippen molar-refractivity contribution in [3.8, 4) is 0 Å². The predicted molar refractivity (Wildman–Crippen MR) is 146 cm³/mol.